The average Bonchev–Trinajstić information content (AvgIpc) is 2.80. The third-order valence-corrected chi connectivity index (χ3v) is 5.21. The molecule has 82 valence electrons. The summed E-state index contributed by atoms with van der Waals surface area (Å²) >= 11 is 0. The van der Waals surface area contributed by atoms with Crippen LogP contribution in [0.1, 0.15) is 52.9 Å². The van der Waals surface area contributed by atoms with Crippen molar-refractivity contribution < 1.29 is 0 Å². The highest BCUT2D eigenvalue weighted by atomic mass is 14.5. The van der Waals surface area contributed by atoms with E-state index in [-0.39, 0.29) is 0 Å². The molecule has 0 aromatic heterocycles. The van der Waals surface area contributed by atoms with E-state index in [1.807, 2.05) is 0 Å². The Bertz CT molecular complexity index is 356. The predicted octanol–water partition coefficient (Wildman–Crippen LogP) is 4.48. The molecule has 0 amide bonds. The van der Waals surface area contributed by atoms with Gasteiger partial charge in [-0.25, -0.2) is 0 Å². The molecule has 2 fully saturated rings. The van der Waals surface area contributed by atoms with E-state index in [1.54, 1.807) is 22.3 Å². The second kappa shape index (κ2) is 3.23. The fourth-order valence-electron chi connectivity index (χ4n) is 4.45. The molecule has 15 heavy (non-hydrogen) atoms. The van der Waals surface area contributed by atoms with Crippen LogP contribution in [0.4, 0.5) is 0 Å². The van der Waals surface area contributed by atoms with E-state index in [9.17, 15) is 0 Å². The molecule has 2 saturated carbocycles. The monoisotopic (exact) mass is 202 g/mol. The normalized spacial score (nSPS) is 39.8. The van der Waals surface area contributed by atoms with Crippen molar-refractivity contribution in [2.45, 2.75) is 52.9 Å². The molecule has 3 atom stereocenters. The summed E-state index contributed by atoms with van der Waals surface area (Å²) in [5, 5.41) is 0. The number of fused-ring (bicyclic) bond motifs is 2. The summed E-state index contributed by atoms with van der Waals surface area (Å²) in [5.74, 6) is 2.75. The lowest BCUT2D eigenvalue weighted by Gasteiger charge is -2.32. The van der Waals surface area contributed by atoms with Crippen LogP contribution in [0, 0.1) is 17.8 Å². The van der Waals surface area contributed by atoms with Crippen molar-refractivity contribution in [3.63, 3.8) is 0 Å². The standard InChI is InChI=1S/C15H22/c1-9-7-8-14-10(2)12-5-4-6-13(12)11(3)15(9)14/h9,14-15H,4-8H2,1-3H3/t9-,14?,15?/m1/s1. The van der Waals surface area contributed by atoms with Crippen LogP contribution in [0.3, 0.4) is 0 Å². The van der Waals surface area contributed by atoms with Crippen LogP contribution in [0.15, 0.2) is 22.3 Å². The van der Waals surface area contributed by atoms with E-state index >= 15 is 0 Å². The van der Waals surface area contributed by atoms with Gasteiger partial charge in [0.05, 0.1) is 0 Å². The molecule has 0 radical (unpaired) electrons. The first-order valence-corrected chi connectivity index (χ1v) is 6.59. The third-order valence-electron chi connectivity index (χ3n) is 5.21. The zero-order valence-corrected chi connectivity index (χ0v) is 10.3. The summed E-state index contributed by atoms with van der Waals surface area (Å²) in [7, 11) is 0. The van der Waals surface area contributed by atoms with Gasteiger partial charge in [0.1, 0.15) is 0 Å². The molecule has 0 heteroatoms. The van der Waals surface area contributed by atoms with E-state index in [2.05, 4.69) is 20.8 Å². The summed E-state index contributed by atoms with van der Waals surface area (Å²) in [4.78, 5) is 0. The van der Waals surface area contributed by atoms with E-state index in [0.29, 0.717) is 0 Å². The number of rotatable bonds is 0. The second-order valence-electron chi connectivity index (χ2n) is 5.86. The Morgan fingerprint density at radius 2 is 1.60 bits per heavy atom. The Labute approximate surface area is 93.5 Å². The van der Waals surface area contributed by atoms with Gasteiger partial charge in [0, 0.05) is 0 Å². The van der Waals surface area contributed by atoms with Gasteiger partial charge in [-0.05, 0) is 74.9 Å². The number of hydrogen-bond acceptors (Lipinski definition) is 0. The minimum Gasteiger partial charge on any atom is -0.0661 e. The molecule has 3 aliphatic carbocycles. The quantitative estimate of drug-likeness (QED) is 0.543. The first kappa shape index (κ1) is 9.69. The maximum absolute atomic E-state index is 2.46. The highest BCUT2D eigenvalue weighted by Gasteiger charge is 2.41. The van der Waals surface area contributed by atoms with Crippen LogP contribution in [0.5, 0.6) is 0 Å². The summed E-state index contributed by atoms with van der Waals surface area (Å²) in [6, 6.07) is 0. The van der Waals surface area contributed by atoms with Gasteiger partial charge in [-0.15, -0.1) is 0 Å². The fraction of sp³-hybridized carbons (Fsp3) is 0.733. The van der Waals surface area contributed by atoms with Crippen LogP contribution in [-0.2, 0) is 0 Å². The SMILES string of the molecule is CC1=C2CCCC2=C(C)C2C1CC[C@H]2C. The molecule has 0 N–H and O–H groups in total. The van der Waals surface area contributed by atoms with Crippen molar-refractivity contribution in [3.8, 4) is 0 Å². The van der Waals surface area contributed by atoms with Crippen LogP contribution < -0.4 is 0 Å². The van der Waals surface area contributed by atoms with Gasteiger partial charge >= 0.3 is 0 Å². The molecule has 0 nitrogen and oxygen atoms in total. The average molecular weight is 202 g/mol. The Hall–Kier alpha value is -0.520. The topological polar surface area (TPSA) is 0 Å². The number of hydrogen-bond donors (Lipinski definition) is 0. The summed E-state index contributed by atoms with van der Waals surface area (Å²) in [6.07, 6.45) is 7.05. The molecule has 0 aliphatic heterocycles. The highest BCUT2D eigenvalue weighted by molar-refractivity contribution is 5.47. The summed E-state index contributed by atoms with van der Waals surface area (Å²) in [6.45, 7) is 7.30. The molecular formula is C15H22. The Morgan fingerprint density at radius 3 is 2.33 bits per heavy atom. The smallest absolute Gasteiger partial charge is 0.0109 e. The lowest BCUT2D eigenvalue weighted by atomic mass is 9.72. The predicted molar refractivity (Wildman–Crippen MR) is 64.6 cm³/mol. The Kier molecular flexibility index (Phi) is 2.09. The van der Waals surface area contributed by atoms with E-state index in [1.165, 1.54) is 32.1 Å². The number of allylic oxidation sites excluding steroid dienone is 4. The van der Waals surface area contributed by atoms with Crippen molar-refractivity contribution >= 4 is 0 Å². The van der Waals surface area contributed by atoms with Crippen LogP contribution in [-0.4, -0.2) is 0 Å². The largest absolute Gasteiger partial charge is 0.0661 e. The second-order valence-corrected chi connectivity index (χ2v) is 5.86. The summed E-state index contributed by atoms with van der Waals surface area (Å²) < 4.78 is 0. The van der Waals surface area contributed by atoms with Gasteiger partial charge in [-0.3, -0.25) is 0 Å². The third kappa shape index (κ3) is 1.20. The Balaban J connectivity index is 2.11. The molecule has 0 aromatic carbocycles. The first-order valence-electron chi connectivity index (χ1n) is 6.59. The molecule has 3 aliphatic rings. The van der Waals surface area contributed by atoms with Gasteiger partial charge in [0.2, 0.25) is 0 Å². The first-order chi connectivity index (χ1) is 7.20. The lowest BCUT2D eigenvalue weighted by molar-refractivity contribution is 0.406. The van der Waals surface area contributed by atoms with Crippen LogP contribution in [0.2, 0.25) is 0 Å². The van der Waals surface area contributed by atoms with Crippen molar-refractivity contribution in [1.29, 1.82) is 0 Å². The van der Waals surface area contributed by atoms with Gasteiger partial charge in [0.25, 0.3) is 0 Å². The minimum atomic E-state index is 0.904. The van der Waals surface area contributed by atoms with Crippen LogP contribution >= 0.6 is 0 Å². The van der Waals surface area contributed by atoms with Crippen molar-refractivity contribution in [2.75, 3.05) is 0 Å². The van der Waals surface area contributed by atoms with Crippen molar-refractivity contribution in [2.24, 2.45) is 17.8 Å². The van der Waals surface area contributed by atoms with Crippen molar-refractivity contribution in [3.05, 3.63) is 22.3 Å². The van der Waals surface area contributed by atoms with E-state index in [0.717, 1.165) is 17.8 Å². The summed E-state index contributed by atoms with van der Waals surface area (Å²) in [5.41, 5.74) is 7.07. The molecule has 0 spiro atoms. The van der Waals surface area contributed by atoms with Crippen molar-refractivity contribution in [1.82, 2.24) is 0 Å². The van der Waals surface area contributed by atoms with Gasteiger partial charge in [-0.2, -0.15) is 0 Å². The van der Waals surface area contributed by atoms with Gasteiger partial charge in [0.15, 0.2) is 0 Å². The molecule has 3 rings (SSSR count). The van der Waals surface area contributed by atoms with Gasteiger partial charge < -0.3 is 0 Å². The Morgan fingerprint density at radius 1 is 0.933 bits per heavy atom. The molecular weight excluding hydrogens is 180 g/mol. The molecule has 0 saturated heterocycles. The van der Waals surface area contributed by atoms with E-state index in [4.69, 9.17) is 0 Å². The van der Waals surface area contributed by atoms with E-state index < -0.39 is 0 Å². The zero-order valence-electron chi connectivity index (χ0n) is 10.3. The minimum absolute atomic E-state index is 0.904. The molecule has 0 aromatic rings. The lowest BCUT2D eigenvalue weighted by Crippen LogP contribution is -2.21. The zero-order chi connectivity index (χ0) is 10.6. The molecule has 0 bridgehead atoms. The van der Waals surface area contributed by atoms with Crippen LogP contribution in [0.25, 0.3) is 0 Å². The fourth-order valence-corrected chi connectivity index (χ4v) is 4.45. The molecule has 2 unspecified atom stereocenters. The maximum atomic E-state index is 2.46. The molecule has 0 heterocycles. The highest BCUT2D eigenvalue weighted by Crippen LogP contribution is 2.53. The maximum Gasteiger partial charge on any atom is -0.0109 e. The van der Waals surface area contributed by atoms with Gasteiger partial charge in [-0.1, -0.05) is 18.1 Å².